The summed E-state index contributed by atoms with van der Waals surface area (Å²) < 4.78 is 27.0. The second-order valence-corrected chi connectivity index (χ2v) is 7.44. The molecule has 1 N–H and O–H groups in total. The summed E-state index contributed by atoms with van der Waals surface area (Å²) >= 11 is 0. The lowest BCUT2D eigenvalue weighted by molar-refractivity contribution is 0.0949. The number of amides is 1. The molecule has 1 fully saturated rings. The van der Waals surface area contributed by atoms with Crippen LogP contribution in [0.5, 0.6) is 0 Å². The van der Waals surface area contributed by atoms with Crippen molar-refractivity contribution >= 4 is 15.9 Å². The monoisotopic (exact) mass is 346 g/mol. The zero-order chi connectivity index (χ0) is 17.0. The molecule has 0 spiro atoms. The molecule has 3 rings (SSSR count). The van der Waals surface area contributed by atoms with Gasteiger partial charge >= 0.3 is 0 Å². The highest BCUT2D eigenvalue weighted by atomic mass is 32.2. The number of hydrogen-bond acceptors (Lipinski definition) is 5. The molecular weight excluding hydrogens is 328 g/mol. The van der Waals surface area contributed by atoms with E-state index in [1.54, 1.807) is 24.3 Å². The average Bonchev–Trinajstić information content (AvgIpc) is 3.16. The minimum atomic E-state index is -3.52. The number of carbonyl (C=O) groups is 1. The molecule has 126 valence electrons. The Hall–Kier alpha value is -2.32. The van der Waals surface area contributed by atoms with Crippen LogP contribution >= 0.6 is 0 Å². The molecule has 0 unspecified atom stereocenters. The van der Waals surface area contributed by atoms with E-state index in [0.29, 0.717) is 24.2 Å². The first kappa shape index (κ1) is 16.5. The van der Waals surface area contributed by atoms with Crippen LogP contribution in [0.25, 0.3) is 0 Å². The van der Waals surface area contributed by atoms with Crippen molar-refractivity contribution in [1.82, 2.24) is 19.6 Å². The molecule has 8 heteroatoms. The van der Waals surface area contributed by atoms with E-state index in [-0.39, 0.29) is 17.3 Å². The highest BCUT2D eigenvalue weighted by Crippen LogP contribution is 2.23. The predicted octanol–water partition coefficient (Wildman–Crippen LogP) is 1.19. The van der Waals surface area contributed by atoms with E-state index in [4.69, 9.17) is 0 Å². The van der Waals surface area contributed by atoms with Crippen molar-refractivity contribution in [3.8, 4) is 0 Å². The highest BCUT2D eigenvalue weighted by Gasteiger charge is 2.28. The van der Waals surface area contributed by atoms with Gasteiger partial charge in [-0.25, -0.2) is 18.4 Å². The SMILES string of the molecule is O=C(NCc1ccccc1S(=O)(=O)N1CCCC1)c1cncnc1. The quantitative estimate of drug-likeness (QED) is 0.878. The third-order valence-corrected chi connectivity index (χ3v) is 5.92. The summed E-state index contributed by atoms with van der Waals surface area (Å²) in [6.07, 6.45) is 5.93. The summed E-state index contributed by atoms with van der Waals surface area (Å²) in [5, 5.41) is 2.72. The zero-order valence-corrected chi connectivity index (χ0v) is 13.9. The van der Waals surface area contributed by atoms with Gasteiger partial charge in [0.25, 0.3) is 5.91 Å². The molecule has 1 aliphatic rings. The van der Waals surface area contributed by atoms with E-state index in [9.17, 15) is 13.2 Å². The maximum absolute atomic E-state index is 12.8. The number of nitrogens with zero attached hydrogens (tertiary/aromatic N) is 3. The van der Waals surface area contributed by atoms with Crippen molar-refractivity contribution in [2.45, 2.75) is 24.3 Å². The Morgan fingerprint density at radius 3 is 2.50 bits per heavy atom. The van der Waals surface area contributed by atoms with Gasteiger partial charge in [0, 0.05) is 32.0 Å². The topological polar surface area (TPSA) is 92.3 Å². The van der Waals surface area contributed by atoms with Crippen molar-refractivity contribution in [1.29, 1.82) is 0 Å². The average molecular weight is 346 g/mol. The summed E-state index contributed by atoms with van der Waals surface area (Å²) in [7, 11) is -3.52. The Morgan fingerprint density at radius 2 is 1.79 bits per heavy atom. The van der Waals surface area contributed by atoms with Crippen molar-refractivity contribution in [3.05, 3.63) is 54.1 Å². The van der Waals surface area contributed by atoms with Gasteiger partial charge in [0.05, 0.1) is 10.5 Å². The molecule has 1 amide bonds. The van der Waals surface area contributed by atoms with Gasteiger partial charge in [-0.05, 0) is 24.5 Å². The van der Waals surface area contributed by atoms with Crippen LogP contribution in [0.4, 0.5) is 0 Å². The van der Waals surface area contributed by atoms with Crippen LogP contribution in [0.15, 0.2) is 47.9 Å². The number of nitrogens with one attached hydrogen (secondary N) is 1. The second-order valence-electron chi connectivity index (χ2n) is 5.53. The highest BCUT2D eigenvalue weighted by molar-refractivity contribution is 7.89. The lowest BCUT2D eigenvalue weighted by Crippen LogP contribution is -2.30. The Labute approximate surface area is 140 Å². The Bertz CT molecular complexity index is 818. The standard InChI is InChI=1S/C16H18N4O3S/c21-16(14-9-17-12-18-10-14)19-11-13-5-1-2-6-15(13)24(22,23)20-7-3-4-8-20/h1-2,5-6,9-10,12H,3-4,7-8,11H2,(H,19,21). The molecule has 0 aliphatic carbocycles. The van der Waals surface area contributed by atoms with Gasteiger partial charge in [-0.3, -0.25) is 4.79 Å². The van der Waals surface area contributed by atoms with E-state index >= 15 is 0 Å². The molecule has 2 heterocycles. The molecule has 0 atom stereocenters. The van der Waals surface area contributed by atoms with Gasteiger partial charge in [0.15, 0.2) is 0 Å². The maximum Gasteiger partial charge on any atom is 0.254 e. The number of rotatable bonds is 5. The van der Waals surface area contributed by atoms with Crippen LogP contribution in [-0.2, 0) is 16.6 Å². The van der Waals surface area contributed by atoms with E-state index in [1.807, 2.05) is 0 Å². The number of aromatic nitrogens is 2. The van der Waals surface area contributed by atoms with E-state index in [0.717, 1.165) is 12.8 Å². The molecule has 0 radical (unpaired) electrons. The molecule has 0 bridgehead atoms. The van der Waals surface area contributed by atoms with Crippen molar-refractivity contribution in [2.24, 2.45) is 0 Å². The zero-order valence-electron chi connectivity index (χ0n) is 13.1. The Balaban J connectivity index is 1.78. The van der Waals surface area contributed by atoms with Gasteiger partial charge in [-0.15, -0.1) is 0 Å². The number of carbonyl (C=O) groups excluding carboxylic acids is 1. The summed E-state index contributed by atoms with van der Waals surface area (Å²) in [4.78, 5) is 19.9. The molecule has 1 saturated heterocycles. The van der Waals surface area contributed by atoms with E-state index < -0.39 is 10.0 Å². The van der Waals surface area contributed by atoms with Gasteiger partial charge in [-0.1, -0.05) is 18.2 Å². The summed E-state index contributed by atoms with van der Waals surface area (Å²) in [5.74, 6) is -0.344. The summed E-state index contributed by atoms with van der Waals surface area (Å²) in [6, 6.07) is 6.75. The molecule has 1 aliphatic heterocycles. The van der Waals surface area contributed by atoms with Gasteiger partial charge in [-0.2, -0.15) is 4.31 Å². The van der Waals surface area contributed by atoms with Gasteiger partial charge in [0.1, 0.15) is 6.33 Å². The third kappa shape index (κ3) is 3.44. The number of sulfonamides is 1. The molecule has 2 aromatic rings. The molecule has 1 aromatic heterocycles. The first-order valence-corrected chi connectivity index (χ1v) is 9.14. The van der Waals surface area contributed by atoms with Crippen molar-refractivity contribution in [3.63, 3.8) is 0 Å². The van der Waals surface area contributed by atoms with Gasteiger partial charge < -0.3 is 5.32 Å². The molecular formula is C16H18N4O3S. The fourth-order valence-electron chi connectivity index (χ4n) is 2.66. The van der Waals surface area contributed by atoms with Crippen LogP contribution < -0.4 is 5.32 Å². The fourth-order valence-corrected chi connectivity index (χ4v) is 4.40. The fraction of sp³-hybridized carbons (Fsp3) is 0.312. The molecule has 0 saturated carbocycles. The molecule has 24 heavy (non-hydrogen) atoms. The van der Waals surface area contributed by atoms with Crippen LogP contribution in [0, 0.1) is 0 Å². The third-order valence-electron chi connectivity index (χ3n) is 3.92. The largest absolute Gasteiger partial charge is 0.348 e. The van der Waals surface area contributed by atoms with Crippen LogP contribution in [0.1, 0.15) is 28.8 Å². The van der Waals surface area contributed by atoms with Crippen LogP contribution in [0.3, 0.4) is 0 Å². The van der Waals surface area contributed by atoms with E-state index in [1.165, 1.54) is 23.0 Å². The van der Waals surface area contributed by atoms with Crippen LogP contribution in [0.2, 0.25) is 0 Å². The first-order valence-electron chi connectivity index (χ1n) is 7.70. The Morgan fingerprint density at radius 1 is 1.12 bits per heavy atom. The normalized spacial score (nSPS) is 15.3. The lowest BCUT2D eigenvalue weighted by Gasteiger charge is -2.18. The minimum absolute atomic E-state index is 0.122. The predicted molar refractivity (Wildman–Crippen MR) is 87.6 cm³/mol. The van der Waals surface area contributed by atoms with E-state index in [2.05, 4.69) is 15.3 Å². The Kier molecular flexibility index (Phi) is 4.86. The molecule has 7 nitrogen and oxygen atoms in total. The van der Waals surface area contributed by atoms with Gasteiger partial charge in [0.2, 0.25) is 10.0 Å². The van der Waals surface area contributed by atoms with Crippen molar-refractivity contribution in [2.75, 3.05) is 13.1 Å². The first-order chi connectivity index (χ1) is 11.6. The second kappa shape index (κ2) is 7.06. The number of benzene rings is 1. The smallest absolute Gasteiger partial charge is 0.254 e. The number of hydrogen-bond donors (Lipinski definition) is 1. The van der Waals surface area contributed by atoms with Crippen molar-refractivity contribution < 1.29 is 13.2 Å². The summed E-state index contributed by atoms with van der Waals surface area (Å²) in [6.45, 7) is 1.21. The summed E-state index contributed by atoms with van der Waals surface area (Å²) in [5.41, 5.74) is 0.895. The minimum Gasteiger partial charge on any atom is -0.348 e. The maximum atomic E-state index is 12.8. The lowest BCUT2D eigenvalue weighted by atomic mass is 10.2. The van der Waals surface area contributed by atoms with Crippen LogP contribution in [-0.4, -0.2) is 41.7 Å². The molecule has 1 aromatic carbocycles.